The third-order valence-corrected chi connectivity index (χ3v) is 6.52. The molecule has 0 radical (unpaired) electrons. The van der Waals surface area contributed by atoms with Gasteiger partial charge in [0, 0.05) is 12.6 Å². The molecule has 0 spiro atoms. The molecular formula is C15H24N2O2S. The molecule has 1 aromatic carbocycles. The molecule has 0 amide bonds. The molecule has 112 valence electrons. The summed E-state index contributed by atoms with van der Waals surface area (Å²) >= 11 is 0. The molecule has 1 aliphatic heterocycles. The molecule has 20 heavy (non-hydrogen) atoms. The zero-order chi connectivity index (χ0) is 15.1. The minimum absolute atomic E-state index is 0.0375. The fourth-order valence-corrected chi connectivity index (χ4v) is 5.03. The number of anilines is 1. The van der Waals surface area contributed by atoms with Crippen LogP contribution in [0.3, 0.4) is 0 Å². The maximum atomic E-state index is 13.0. The Labute approximate surface area is 122 Å². The first-order valence-corrected chi connectivity index (χ1v) is 8.56. The van der Waals surface area contributed by atoms with Gasteiger partial charge in [-0.05, 0) is 56.7 Å². The van der Waals surface area contributed by atoms with Crippen LogP contribution >= 0.6 is 0 Å². The molecule has 2 N–H and O–H groups in total. The van der Waals surface area contributed by atoms with E-state index in [1.807, 2.05) is 26.8 Å². The van der Waals surface area contributed by atoms with E-state index >= 15 is 0 Å². The lowest BCUT2D eigenvalue weighted by Crippen LogP contribution is -2.45. The summed E-state index contributed by atoms with van der Waals surface area (Å²) in [6, 6.07) is 3.59. The van der Waals surface area contributed by atoms with Gasteiger partial charge in [-0.2, -0.15) is 4.31 Å². The van der Waals surface area contributed by atoms with Crippen molar-refractivity contribution in [2.45, 2.75) is 51.5 Å². The number of benzene rings is 1. The van der Waals surface area contributed by atoms with Gasteiger partial charge >= 0.3 is 0 Å². The van der Waals surface area contributed by atoms with Crippen molar-refractivity contribution in [1.82, 2.24) is 4.31 Å². The van der Waals surface area contributed by atoms with Gasteiger partial charge in [0.1, 0.15) is 4.90 Å². The number of piperidine rings is 1. The maximum absolute atomic E-state index is 13.0. The normalized spacial score (nSPS) is 24.8. The first-order chi connectivity index (χ1) is 9.25. The van der Waals surface area contributed by atoms with Crippen LogP contribution in [-0.4, -0.2) is 25.3 Å². The van der Waals surface area contributed by atoms with Crippen LogP contribution in [-0.2, 0) is 10.0 Å². The highest BCUT2D eigenvalue weighted by molar-refractivity contribution is 7.89. The summed E-state index contributed by atoms with van der Waals surface area (Å²) in [5.74, 6) is 0.396. The predicted molar refractivity (Wildman–Crippen MR) is 82.1 cm³/mol. The molecule has 1 aliphatic rings. The molecular weight excluding hydrogens is 272 g/mol. The van der Waals surface area contributed by atoms with Crippen LogP contribution in [0.5, 0.6) is 0 Å². The lowest BCUT2D eigenvalue weighted by molar-refractivity contribution is 0.218. The second-order valence-electron chi connectivity index (χ2n) is 6.03. The summed E-state index contributed by atoms with van der Waals surface area (Å²) in [5, 5.41) is 0. The third kappa shape index (κ3) is 2.56. The summed E-state index contributed by atoms with van der Waals surface area (Å²) < 4.78 is 27.6. The Morgan fingerprint density at radius 1 is 1.20 bits per heavy atom. The van der Waals surface area contributed by atoms with Gasteiger partial charge in [-0.15, -0.1) is 0 Å². The molecule has 1 aromatic rings. The van der Waals surface area contributed by atoms with Gasteiger partial charge < -0.3 is 5.73 Å². The van der Waals surface area contributed by atoms with E-state index in [1.54, 1.807) is 10.4 Å². The molecule has 2 atom stereocenters. The van der Waals surface area contributed by atoms with Gasteiger partial charge in [0.2, 0.25) is 10.0 Å². The molecule has 2 unspecified atom stereocenters. The number of aryl methyl sites for hydroxylation is 1. The minimum atomic E-state index is -3.52. The topological polar surface area (TPSA) is 63.4 Å². The molecule has 1 heterocycles. The zero-order valence-electron chi connectivity index (χ0n) is 12.7. The van der Waals surface area contributed by atoms with Gasteiger partial charge in [0.05, 0.1) is 5.69 Å². The molecule has 0 aliphatic carbocycles. The van der Waals surface area contributed by atoms with Crippen molar-refractivity contribution in [1.29, 1.82) is 0 Å². The van der Waals surface area contributed by atoms with Crippen molar-refractivity contribution < 1.29 is 8.42 Å². The summed E-state index contributed by atoms with van der Waals surface area (Å²) in [6.45, 7) is 8.40. The number of hydrogen-bond donors (Lipinski definition) is 1. The van der Waals surface area contributed by atoms with Crippen molar-refractivity contribution >= 4 is 15.7 Å². The summed E-state index contributed by atoms with van der Waals surface area (Å²) in [7, 11) is -3.52. The quantitative estimate of drug-likeness (QED) is 0.853. The van der Waals surface area contributed by atoms with Gasteiger partial charge in [-0.3, -0.25) is 0 Å². The lowest BCUT2D eigenvalue weighted by atomic mass is 9.97. The smallest absolute Gasteiger partial charge is 0.245 e. The zero-order valence-corrected chi connectivity index (χ0v) is 13.5. The fourth-order valence-electron chi connectivity index (χ4n) is 2.85. The molecule has 1 saturated heterocycles. The van der Waals surface area contributed by atoms with Gasteiger partial charge in [0.15, 0.2) is 0 Å². The standard InChI is InChI=1S/C15H24N2O2S/c1-10-5-7-12(3)17(9-10)20(18,19)15-13(4)11(2)6-8-14(15)16/h6,8,10,12H,5,7,9,16H2,1-4H3. The van der Waals surface area contributed by atoms with E-state index in [0.717, 1.165) is 24.0 Å². The highest BCUT2D eigenvalue weighted by Crippen LogP contribution is 2.33. The van der Waals surface area contributed by atoms with Crippen LogP contribution in [0.4, 0.5) is 5.69 Å². The van der Waals surface area contributed by atoms with Crippen molar-refractivity contribution in [3.8, 4) is 0 Å². The average molecular weight is 296 g/mol. The van der Waals surface area contributed by atoms with E-state index in [-0.39, 0.29) is 6.04 Å². The van der Waals surface area contributed by atoms with Crippen LogP contribution in [0, 0.1) is 19.8 Å². The van der Waals surface area contributed by atoms with Crippen LogP contribution < -0.4 is 5.73 Å². The fraction of sp³-hybridized carbons (Fsp3) is 0.600. The minimum Gasteiger partial charge on any atom is -0.398 e. The number of nitrogen functional groups attached to an aromatic ring is 1. The highest BCUT2D eigenvalue weighted by atomic mass is 32.2. The number of rotatable bonds is 2. The van der Waals surface area contributed by atoms with E-state index in [4.69, 9.17) is 5.73 Å². The molecule has 0 bridgehead atoms. The van der Waals surface area contributed by atoms with Gasteiger partial charge in [0.25, 0.3) is 0 Å². The Balaban J connectivity index is 2.53. The van der Waals surface area contributed by atoms with Crippen molar-refractivity contribution in [2.75, 3.05) is 12.3 Å². The Bertz CT molecular complexity index is 611. The van der Waals surface area contributed by atoms with Gasteiger partial charge in [-0.25, -0.2) is 8.42 Å². The Kier molecular flexibility index (Phi) is 4.12. The summed E-state index contributed by atoms with van der Waals surface area (Å²) in [4.78, 5) is 0.290. The second kappa shape index (κ2) is 5.37. The SMILES string of the molecule is Cc1ccc(N)c(S(=O)(=O)N2CC(C)CCC2C)c1C. The average Bonchev–Trinajstić information content (AvgIpc) is 2.37. The van der Waals surface area contributed by atoms with Crippen molar-refractivity contribution in [3.05, 3.63) is 23.3 Å². The summed E-state index contributed by atoms with van der Waals surface area (Å²) in [6.07, 6.45) is 1.99. The first kappa shape index (κ1) is 15.3. The van der Waals surface area contributed by atoms with Crippen LogP contribution in [0.25, 0.3) is 0 Å². The Morgan fingerprint density at radius 3 is 2.50 bits per heavy atom. The number of sulfonamides is 1. The highest BCUT2D eigenvalue weighted by Gasteiger charge is 2.35. The third-order valence-electron chi connectivity index (χ3n) is 4.33. The maximum Gasteiger partial charge on any atom is 0.245 e. The molecule has 0 aromatic heterocycles. The predicted octanol–water partition coefficient (Wildman–Crippen LogP) is 2.69. The molecule has 0 saturated carbocycles. The second-order valence-corrected chi connectivity index (χ2v) is 7.86. The molecule has 5 heteroatoms. The monoisotopic (exact) mass is 296 g/mol. The van der Waals surface area contributed by atoms with Crippen LogP contribution in [0.1, 0.15) is 37.8 Å². The van der Waals surface area contributed by atoms with Crippen LogP contribution in [0.2, 0.25) is 0 Å². The van der Waals surface area contributed by atoms with E-state index in [9.17, 15) is 8.42 Å². The molecule has 2 rings (SSSR count). The molecule has 4 nitrogen and oxygen atoms in total. The lowest BCUT2D eigenvalue weighted by Gasteiger charge is -2.36. The van der Waals surface area contributed by atoms with Gasteiger partial charge in [-0.1, -0.05) is 13.0 Å². The van der Waals surface area contributed by atoms with Crippen molar-refractivity contribution in [2.24, 2.45) is 5.92 Å². The van der Waals surface area contributed by atoms with E-state index in [2.05, 4.69) is 6.92 Å². The van der Waals surface area contributed by atoms with E-state index in [0.29, 0.717) is 23.0 Å². The first-order valence-electron chi connectivity index (χ1n) is 7.12. The van der Waals surface area contributed by atoms with E-state index in [1.165, 1.54) is 0 Å². The number of nitrogens with zero attached hydrogens (tertiary/aromatic N) is 1. The van der Waals surface area contributed by atoms with E-state index < -0.39 is 10.0 Å². The number of hydrogen-bond acceptors (Lipinski definition) is 3. The Morgan fingerprint density at radius 2 is 1.85 bits per heavy atom. The summed E-state index contributed by atoms with van der Waals surface area (Å²) in [5.41, 5.74) is 8.02. The Hall–Kier alpha value is -1.07. The van der Waals surface area contributed by atoms with Crippen molar-refractivity contribution in [3.63, 3.8) is 0 Å². The largest absolute Gasteiger partial charge is 0.398 e. The van der Waals surface area contributed by atoms with Crippen LogP contribution in [0.15, 0.2) is 17.0 Å². The number of nitrogens with two attached hydrogens (primary N) is 1. The molecule has 1 fully saturated rings.